The number of imidazole rings is 1. The highest BCUT2D eigenvalue weighted by Gasteiger charge is 2.18. The maximum atomic E-state index is 13.9. The predicted octanol–water partition coefficient (Wildman–Crippen LogP) is 2.73. The Labute approximate surface area is 111 Å². The van der Waals surface area contributed by atoms with Crippen LogP contribution in [0.2, 0.25) is 0 Å². The van der Waals surface area contributed by atoms with Crippen LogP contribution >= 0.6 is 0 Å². The first-order valence-electron chi connectivity index (χ1n) is 5.73. The number of rotatable bonds is 1. The average Bonchev–Trinajstić information content (AvgIpc) is 2.72. The molecule has 4 nitrogen and oxygen atoms in total. The number of nitrogens with two attached hydrogens (primary N) is 1. The standard InChI is InChI=1S/C13H9F3N4/c1-6-2-3-18-12-11(6)19-13(17)20(12)10-5-8(15)7(14)4-9(10)16/h2-5H,1H3,(H2,17,19). The number of hydrogen-bond donors (Lipinski definition) is 1. The Hall–Kier alpha value is -2.57. The summed E-state index contributed by atoms with van der Waals surface area (Å²) in [7, 11) is 0. The molecule has 3 aromatic rings. The lowest BCUT2D eigenvalue weighted by Crippen LogP contribution is -2.05. The fourth-order valence-corrected chi connectivity index (χ4v) is 2.03. The summed E-state index contributed by atoms with van der Waals surface area (Å²) in [6.45, 7) is 1.79. The first kappa shape index (κ1) is 12.5. The summed E-state index contributed by atoms with van der Waals surface area (Å²) in [5.74, 6) is -3.43. The summed E-state index contributed by atoms with van der Waals surface area (Å²) < 4.78 is 41.3. The van der Waals surface area contributed by atoms with Gasteiger partial charge in [0.05, 0.1) is 5.69 Å². The molecule has 0 atom stereocenters. The van der Waals surface area contributed by atoms with Crippen LogP contribution in [0.15, 0.2) is 24.4 Å². The van der Waals surface area contributed by atoms with Crippen molar-refractivity contribution in [3.8, 4) is 5.69 Å². The van der Waals surface area contributed by atoms with Crippen LogP contribution in [0.3, 0.4) is 0 Å². The third-order valence-electron chi connectivity index (χ3n) is 3.00. The molecule has 0 spiro atoms. The molecule has 7 heteroatoms. The molecule has 0 fully saturated rings. The summed E-state index contributed by atoms with van der Waals surface area (Å²) in [5.41, 5.74) is 7.07. The maximum absolute atomic E-state index is 13.9. The van der Waals surface area contributed by atoms with Crippen LogP contribution in [0.5, 0.6) is 0 Å². The van der Waals surface area contributed by atoms with E-state index in [-0.39, 0.29) is 17.3 Å². The summed E-state index contributed by atoms with van der Waals surface area (Å²) in [4.78, 5) is 8.15. The number of pyridine rings is 1. The fraction of sp³-hybridized carbons (Fsp3) is 0.0769. The van der Waals surface area contributed by atoms with Crippen molar-refractivity contribution < 1.29 is 13.2 Å². The van der Waals surface area contributed by atoms with E-state index in [9.17, 15) is 13.2 Å². The van der Waals surface area contributed by atoms with E-state index < -0.39 is 17.5 Å². The fourth-order valence-electron chi connectivity index (χ4n) is 2.03. The zero-order valence-corrected chi connectivity index (χ0v) is 10.4. The van der Waals surface area contributed by atoms with Crippen LogP contribution in [0.4, 0.5) is 19.1 Å². The molecule has 0 bridgehead atoms. The van der Waals surface area contributed by atoms with Gasteiger partial charge in [-0.15, -0.1) is 0 Å². The van der Waals surface area contributed by atoms with Gasteiger partial charge in [-0.2, -0.15) is 0 Å². The van der Waals surface area contributed by atoms with Crippen molar-refractivity contribution in [3.63, 3.8) is 0 Å². The quantitative estimate of drug-likeness (QED) is 0.696. The molecule has 2 aromatic heterocycles. The summed E-state index contributed by atoms with van der Waals surface area (Å²) in [5, 5.41) is 0. The van der Waals surface area contributed by atoms with Crippen LogP contribution in [0.1, 0.15) is 5.56 Å². The highest BCUT2D eigenvalue weighted by atomic mass is 19.2. The Morgan fingerprint density at radius 3 is 2.55 bits per heavy atom. The van der Waals surface area contributed by atoms with Crippen LogP contribution in [-0.2, 0) is 0 Å². The first-order chi connectivity index (χ1) is 9.49. The molecule has 0 saturated carbocycles. The number of anilines is 1. The summed E-state index contributed by atoms with van der Waals surface area (Å²) in [6, 6.07) is 2.92. The van der Waals surface area contributed by atoms with Crippen molar-refractivity contribution in [1.82, 2.24) is 14.5 Å². The predicted molar refractivity (Wildman–Crippen MR) is 67.9 cm³/mol. The summed E-state index contributed by atoms with van der Waals surface area (Å²) >= 11 is 0. The number of benzene rings is 1. The van der Waals surface area contributed by atoms with Gasteiger partial charge < -0.3 is 5.73 Å². The van der Waals surface area contributed by atoms with Gasteiger partial charge in [-0.05, 0) is 18.6 Å². The van der Waals surface area contributed by atoms with Crippen molar-refractivity contribution in [3.05, 3.63) is 47.4 Å². The number of fused-ring (bicyclic) bond motifs is 1. The molecule has 0 aliphatic heterocycles. The smallest absolute Gasteiger partial charge is 0.207 e. The van der Waals surface area contributed by atoms with E-state index in [0.29, 0.717) is 11.6 Å². The van der Waals surface area contributed by atoms with Crippen LogP contribution in [-0.4, -0.2) is 14.5 Å². The Morgan fingerprint density at radius 2 is 1.80 bits per heavy atom. The van der Waals surface area contributed by atoms with Gasteiger partial charge in [0.25, 0.3) is 0 Å². The Morgan fingerprint density at radius 1 is 1.10 bits per heavy atom. The third kappa shape index (κ3) is 1.70. The normalized spacial score (nSPS) is 11.2. The molecule has 0 aliphatic rings. The summed E-state index contributed by atoms with van der Waals surface area (Å²) in [6.07, 6.45) is 1.51. The molecule has 1 aromatic carbocycles. The van der Waals surface area contributed by atoms with Crippen molar-refractivity contribution >= 4 is 17.1 Å². The molecule has 102 valence electrons. The van der Waals surface area contributed by atoms with Crippen LogP contribution in [0.25, 0.3) is 16.9 Å². The molecule has 3 rings (SSSR count). The number of aromatic nitrogens is 3. The molecule has 0 unspecified atom stereocenters. The molecule has 0 radical (unpaired) electrons. The second kappa shape index (κ2) is 4.22. The Bertz CT molecular complexity index is 826. The van der Waals surface area contributed by atoms with E-state index in [2.05, 4.69) is 9.97 Å². The second-order valence-corrected chi connectivity index (χ2v) is 4.32. The third-order valence-corrected chi connectivity index (χ3v) is 3.00. The maximum Gasteiger partial charge on any atom is 0.207 e. The Kier molecular flexibility index (Phi) is 2.63. The molecule has 0 saturated heterocycles. The molecule has 0 aliphatic carbocycles. The minimum absolute atomic E-state index is 0.0493. The van der Waals surface area contributed by atoms with Gasteiger partial charge in [0, 0.05) is 18.3 Å². The van der Waals surface area contributed by atoms with Crippen molar-refractivity contribution in [2.45, 2.75) is 6.92 Å². The van der Waals surface area contributed by atoms with Crippen molar-refractivity contribution in [2.24, 2.45) is 0 Å². The second-order valence-electron chi connectivity index (χ2n) is 4.32. The molecule has 20 heavy (non-hydrogen) atoms. The molecule has 2 N–H and O–H groups in total. The molecular weight excluding hydrogens is 269 g/mol. The lowest BCUT2D eigenvalue weighted by Gasteiger charge is -2.07. The number of nitrogens with zero attached hydrogens (tertiary/aromatic N) is 3. The average molecular weight is 278 g/mol. The van der Waals surface area contributed by atoms with Gasteiger partial charge in [0.1, 0.15) is 11.3 Å². The Balaban J connectivity index is 2.38. The van der Waals surface area contributed by atoms with E-state index in [1.807, 2.05) is 0 Å². The van der Waals surface area contributed by atoms with E-state index in [1.165, 1.54) is 6.20 Å². The molecule has 2 heterocycles. The monoisotopic (exact) mass is 278 g/mol. The SMILES string of the molecule is Cc1ccnc2c1nc(N)n2-c1cc(F)c(F)cc1F. The van der Waals surface area contributed by atoms with Gasteiger partial charge in [-0.25, -0.2) is 23.1 Å². The lowest BCUT2D eigenvalue weighted by atomic mass is 10.2. The van der Waals surface area contributed by atoms with Gasteiger partial charge in [-0.1, -0.05) is 0 Å². The van der Waals surface area contributed by atoms with Gasteiger partial charge in [0.15, 0.2) is 17.3 Å². The first-order valence-corrected chi connectivity index (χ1v) is 5.73. The van der Waals surface area contributed by atoms with Gasteiger partial charge in [0.2, 0.25) is 5.95 Å². The van der Waals surface area contributed by atoms with Gasteiger partial charge >= 0.3 is 0 Å². The zero-order chi connectivity index (χ0) is 14.4. The number of nitrogen functional groups attached to an aromatic ring is 1. The topological polar surface area (TPSA) is 56.7 Å². The molecule has 0 amide bonds. The van der Waals surface area contributed by atoms with E-state index in [1.54, 1.807) is 13.0 Å². The highest BCUT2D eigenvalue weighted by molar-refractivity contribution is 5.79. The minimum Gasteiger partial charge on any atom is -0.369 e. The lowest BCUT2D eigenvalue weighted by molar-refractivity contribution is 0.493. The molecular formula is C13H9F3N4. The highest BCUT2D eigenvalue weighted by Crippen LogP contribution is 2.26. The minimum atomic E-state index is -1.27. The van der Waals surface area contributed by atoms with E-state index >= 15 is 0 Å². The van der Waals surface area contributed by atoms with E-state index in [0.717, 1.165) is 16.2 Å². The van der Waals surface area contributed by atoms with Gasteiger partial charge in [-0.3, -0.25) is 4.57 Å². The number of aryl methyl sites for hydroxylation is 1. The van der Waals surface area contributed by atoms with Crippen LogP contribution < -0.4 is 5.73 Å². The zero-order valence-electron chi connectivity index (χ0n) is 10.4. The number of hydrogen-bond acceptors (Lipinski definition) is 3. The number of halogens is 3. The largest absolute Gasteiger partial charge is 0.369 e. The van der Waals surface area contributed by atoms with E-state index in [4.69, 9.17) is 5.73 Å². The van der Waals surface area contributed by atoms with Crippen molar-refractivity contribution in [2.75, 3.05) is 5.73 Å². The van der Waals surface area contributed by atoms with Crippen LogP contribution in [0, 0.1) is 24.4 Å². The van der Waals surface area contributed by atoms with Crippen molar-refractivity contribution in [1.29, 1.82) is 0 Å².